The van der Waals surface area contributed by atoms with Gasteiger partial charge in [0.05, 0.1) is 33.8 Å². The summed E-state index contributed by atoms with van der Waals surface area (Å²) < 4.78 is 0. The third kappa shape index (κ3) is 3.68. The van der Waals surface area contributed by atoms with Gasteiger partial charge in [-0.05, 0) is 90.1 Å². The van der Waals surface area contributed by atoms with Gasteiger partial charge in [0, 0.05) is 22.2 Å². The molecule has 3 aromatic heterocycles. The van der Waals surface area contributed by atoms with Crippen LogP contribution >= 0.6 is 0 Å². The third-order valence-corrected chi connectivity index (χ3v) is 7.95. The number of hydrogen-bond donors (Lipinski definition) is 2. The Balaban J connectivity index is 1.58. The Morgan fingerprint density at radius 2 is 0.846 bits per heavy atom. The zero-order valence-electron chi connectivity index (χ0n) is 21.4. The first-order valence-electron chi connectivity index (χ1n) is 13.6. The molecule has 0 fully saturated rings. The van der Waals surface area contributed by atoms with Gasteiger partial charge in [-0.15, -0.1) is 0 Å². The molecule has 2 aromatic carbocycles. The fourth-order valence-corrected chi connectivity index (χ4v) is 6.13. The van der Waals surface area contributed by atoms with E-state index < -0.39 is 0 Å². The molecule has 8 bridgehead atoms. The summed E-state index contributed by atoms with van der Waals surface area (Å²) in [4.78, 5) is 17.7. The molecule has 4 heteroatoms. The molecule has 0 radical (unpaired) electrons. The van der Waals surface area contributed by atoms with Gasteiger partial charge in [0.2, 0.25) is 0 Å². The van der Waals surface area contributed by atoms with Crippen molar-refractivity contribution in [2.75, 3.05) is 0 Å². The number of H-pyrrole nitrogens is 2. The van der Waals surface area contributed by atoms with Gasteiger partial charge in [-0.2, -0.15) is 0 Å². The highest BCUT2D eigenvalue weighted by molar-refractivity contribution is 6.01. The SMILES string of the molecule is C1=Cc2nc1c1c(c3nc(c4ccc([nH]4)c(-c4ccccc4)c(-c4ccccc4)c4ccc2[nH]4)C=C3)CCC1. The summed E-state index contributed by atoms with van der Waals surface area (Å²) in [5, 5.41) is 0. The van der Waals surface area contributed by atoms with Crippen molar-refractivity contribution >= 4 is 46.4 Å². The van der Waals surface area contributed by atoms with E-state index in [0.717, 1.165) is 86.4 Å². The van der Waals surface area contributed by atoms with Crippen molar-refractivity contribution in [3.8, 4) is 22.3 Å². The van der Waals surface area contributed by atoms with E-state index in [1.54, 1.807) is 0 Å². The molecule has 0 atom stereocenters. The van der Waals surface area contributed by atoms with Crippen molar-refractivity contribution in [1.82, 2.24) is 19.9 Å². The molecule has 0 spiro atoms. The van der Waals surface area contributed by atoms with E-state index >= 15 is 0 Å². The predicted molar refractivity (Wildman–Crippen MR) is 162 cm³/mol. The van der Waals surface area contributed by atoms with Crippen LogP contribution in [0.15, 0.2) is 84.9 Å². The number of aromatic nitrogens is 4. The molecule has 5 heterocycles. The number of nitrogens with zero attached hydrogens (tertiary/aromatic N) is 2. The van der Waals surface area contributed by atoms with Crippen LogP contribution in [-0.4, -0.2) is 19.9 Å². The van der Waals surface area contributed by atoms with Crippen molar-refractivity contribution in [2.45, 2.75) is 19.3 Å². The van der Waals surface area contributed by atoms with Crippen molar-refractivity contribution in [1.29, 1.82) is 0 Å². The van der Waals surface area contributed by atoms with Crippen LogP contribution in [0.25, 0.3) is 68.6 Å². The van der Waals surface area contributed by atoms with E-state index in [9.17, 15) is 0 Å². The van der Waals surface area contributed by atoms with Crippen LogP contribution in [0, 0.1) is 0 Å². The topological polar surface area (TPSA) is 57.4 Å². The molecule has 0 saturated heterocycles. The van der Waals surface area contributed by atoms with E-state index in [1.165, 1.54) is 11.1 Å². The summed E-state index contributed by atoms with van der Waals surface area (Å²) in [6.07, 6.45) is 11.8. The second-order valence-corrected chi connectivity index (χ2v) is 10.3. The molecule has 2 aliphatic heterocycles. The summed E-state index contributed by atoms with van der Waals surface area (Å²) in [6, 6.07) is 29.9. The average Bonchev–Trinajstić information content (AvgIpc) is 3.80. The highest BCUT2D eigenvalue weighted by Gasteiger charge is 2.20. The minimum Gasteiger partial charge on any atom is -0.353 e. The highest BCUT2D eigenvalue weighted by atomic mass is 14.8. The Hall–Kier alpha value is -4.96. The maximum Gasteiger partial charge on any atom is 0.0872 e. The van der Waals surface area contributed by atoms with Gasteiger partial charge < -0.3 is 9.97 Å². The minimum absolute atomic E-state index is 0.967. The Labute approximate surface area is 226 Å². The smallest absolute Gasteiger partial charge is 0.0872 e. The molecule has 0 saturated carbocycles. The first kappa shape index (κ1) is 22.1. The molecule has 4 nitrogen and oxygen atoms in total. The molecular formula is C35H26N4. The van der Waals surface area contributed by atoms with Crippen molar-refractivity contribution in [2.24, 2.45) is 0 Å². The lowest BCUT2D eigenvalue weighted by Gasteiger charge is -2.11. The molecule has 0 amide bonds. The molecule has 39 heavy (non-hydrogen) atoms. The van der Waals surface area contributed by atoms with Crippen molar-refractivity contribution in [3.05, 3.63) is 119 Å². The number of rotatable bonds is 2. The number of fused-ring (bicyclic) bond motifs is 13. The highest BCUT2D eigenvalue weighted by Crippen LogP contribution is 2.38. The molecule has 0 unspecified atom stereocenters. The van der Waals surface area contributed by atoms with E-state index in [4.69, 9.17) is 9.97 Å². The van der Waals surface area contributed by atoms with E-state index in [0.29, 0.717) is 0 Å². The Bertz CT molecular complexity index is 1830. The Morgan fingerprint density at radius 1 is 0.436 bits per heavy atom. The zero-order chi connectivity index (χ0) is 25.8. The predicted octanol–water partition coefficient (Wildman–Crippen LogP) is 8.48. The summed E-state index contributed by atoms with van der Waals surface area (Å²) in [7, 11) is 0. The summed E-state index contributed by atoms with van der Waals surface area (Å²) >= 11 is 0. The van der Waals surface area contributed by atoms with Crippen LogP contribution in [0.2, 0.25) is 0 Å². The normalized spacial score (nSPS) is 13.6. The zero-order valence-corrected chi connectivity index (χ0v) is 21.4. The largest absolute Gasteiger partial charge is 0.353 e. The van der Waals surface area contributed by atoms with E-state index in [2.05, 4.69) is 119 Å². The molecule has 186 valence electrons. The molecule has 5 aromatic rings. The summed E-state index contributed by atoms with van der Waals surface area (Å²) in [6.45, 7) is 0. The van der Waals surface area contributed by atoms with Crippen LogP contribution in [-0.2, 0) is 12.8 Å². The molecule has 2 N–H and O–H groups in total. The number of nitrogens with one attached hydrogen (secondary N) is 2. The number of benzene rings is 2. The average molecular weight is 503 g/mol. The van der Waals surface area contributed by atoms with Gasteiger partial charge in [0.25, 0.3) is 0 Å². The van der Waals surface area contributed by atoms with Gasteiger partial charge in [0.15, 0.2) is 0 Å². The molecule has 1 aliphatic carbocycles. The van der Waals surface area contributed by atoms with Crippen molar-refractivity contribution < 1.29 is 0 Å². The quantitative estimate of drug-likeness (QED) is 0.249. The maximum absolute atomic E-state index is 5.10. The Kier molecular flexibility index (Phi) is 4.99. The number of hydrogen-bond acceptors (Lipinski definition) is 2. The van der Waals surface area contributed by atoms with Crippen LogP contribution in [0.1, 0.15) is 40.3 Å². The number of aromatic amines is 2. The molecule has 8 rings (SSSR count). The van der Waals surface area contributed by atoms with Gasteiger partial charge >= 0.3 is 0 Å². The monoisotopic (exact) mass is 502 g/mol. The first-order valence-corrected chi connectivity index (χ1v) is 13.6. The lowest BCUT2D eigenvalue weighted by Crippen LogP contribution is -1.90. The van der Waals surface area contributed by atoms with Crippen LogP contribution in [0.3, 0.4) is 0 Å². The lowest BCUT2D eigenvalue weighted by atomic mass is 9.95. The lowest BCUT2D eigenvalue weighted by molar-refractivity contribution is 0.906. The summed E-state index contributed by atoms with van der Waals surface area (Å²) in [5.74, 6) is 0. The fraction of sp³-hybridized carbons (Fsp3) is 0.0857. The molecular weight excluding hydrogens is 476 g/mol. The van der Waals surface area contributed by atoms with Crippen molar-refractivity contribution in [3.63, 3.8) is 0 Å². The van der Waals surface area contributed by atoms with Crippen LogP contribution in [0.4, 0.5) is 0 Å². The molecule has 3 aliphatic rings. The van der Waals surface area contributed by atoms with E-state index in [-0.39, 0.29) is 0 Å². The van der Waals surface area contributed by atoms with Gasteiger partial charge in [-0.3, -0.25) is 0 Å². The second-order valence-electron chi connectivity index (χ2n) is 10.3. The summed E-state index contributed by atoms with van der Waals surface area (Å²) in [5.41, 5.74) is 15.4. The van der Waals surface area contributed by atoms with Gasteiger partial charge in [0.1, 0.15) is 0 Å². The fourth-order valence-electron chi connectivity index (χ4n) is 6.13. The standard InChI is InChI=1S/C35H26N4/c1-3-8-22(9-4-1)34-32-20-18-30(38-32)28-16-14-26(36-28)24-12-7-13-25(24)27-15-17-29(37-27)31-19-21-33(39-31)35(34)23-10-5-2-6-11-23/h1-6,8-11,14-21,38-39H,7,12-13H2. The van der Waals surface area contributed by atoms with Gasteiger partial charge in [-0.1, -0.05) is 60.7 Å². The van der Waals surface area contributed by atoms with E-state index in [1.807, 2.05) is 0 Å². The van der Waals surface area contributed by atoms with Crippen LogP contribution in [0.5, 0.6) is 0 Å². The first-order chi connectivity index (χ1) is 19.3. The van der Waals surface area contributed by atoms with Crippen LogP contribution < -0.4 is 0 Å². The van der Waals surface area contributed by atoms with Gasteiger partial charge in [-0.25, -0.2) is 9.97 Å². The third-order valence-electron chi connectivity index (χ3n) is 7.95. The second kappa shape index (κ2) is 8.81. The Morgan fingerprint density at radius 3 is 1.31 bits per heavy atom. The maximum atomic E-state index is 5.10. The minimum atomic E-state index is 0.967.